The highest BCUT2D eigenvalue weighted by molar-refractivity contribution is 5.87. The molecule has 2 fully saturated rings. The summed E-state index contributed by atoms with van der Waals surface area (Å²) in [5.74, 6) is 2.60. The molecule has 2 unspecified atom stereocenters. The van der Waals surface area contributed by atoms with Gasteiger partial charge in [-0.05, 0) is 45.1 Å². The third kappa shape index (κ3) is 4.83. The Morgan fingerprint density at radius 1 is 1.18 bits per heavy atom. The fraction of sp³-hybridized carbons (Fsp3) is 0.533. The number of hydrogen-bond donors (Lipinski definition) is 0. The van der Waals surface area contributed by atoms with Crippen LogP contribution in [0.5, 0.6) is 5.75 Å². The first kappa shape index (κ1) is 26.4. The van der Waals surface area contributed by atoms with Gasteiger partial charge in [0.2, 0.25) is 11.9 Å². The third-order valence-corrected chi connectivity index (χ3v) is 8.86. The van der Waals surface area contributed by atoms with Crippen LogP contribution in [0.2, 0.25) is 0 Å². The van der Waals surface area contributed by atoms with Crippen molar-refractivity contribution >= 4 is 23.4 Å². The van der Waals surface area contributed by atoms with Crippen LogP contribution in [0.1, 0.15) is 24.1 Å². The summed E-state index contributed by atoms with van der Waals surface area (Å²) in [6, 6.07) is 11.2. The van der Waals surface area contributed by atoms with Gasteiger partial charge in [0, 0.05) is 56.8 Å². The van der Waals surface area contributed by atoms with E-state index in [1.54, 1.807) is 4.90 Å². The minimum Gasteiger partial charge on any atom is -0.490 e. The first-order valence-corrected chi connectivity index (χ1v) is 14.3. The van der Waals surface area contributed by atoms with E-state index in [0.29, 0.717) is 38.3 Å². The Kier molecular flexibility index (Phi) is 7.24. The second-order valence-corrected chi connectivity index (χ2v) is 11.4. The van der Waals surface area contributed by atoms with E-state index in [1.165, 1.54) is 11.6 Å². The molecule has 1 amide bonds. The lowest BCUT2D eigenvalue weighted by atomic mass is 9.90. The van der Waals surface area contributed by atoms with Gasteiger partial charge in [0.25, 0.3) is 0 Å². The van der Waals surface area contributed by atoms with E-state index in [9.17, 15) is 10.1 Å². The zero-order valence-electron chi connectivity index (χ0n) is 23.5. The Balaban J connectivity index is 1.32. The predicted octanol–water partition coefficient (Wildman–Crippen LogP) is 2.10. The lowest BCUT2D eigenvalue weighted by molar-refractivity contribution is -0.128. The second-order valence-electron chi connectivity index (χ2n) is 11.4. The van der Waals surface area contributed by atoms with Crippen molar-refractivity contribution < 1.29 is 9.53 Å². The minimum absolute atomic E-state index is 0.116. The van der Waals surface area contributed by atoms with Crippen molar-refractivity contribution in [1.82, 2.24) is 19.8 Å². The molecule has 2 atom stereocenters. The van der Waals surface area contributed by atoms with Crippen LogP contribution in [-0.2, 0) is 17.6 Å². The maximum Gasteiger partial charge on any atom is 0.246 e. The molecule has 2 aromatic rings. The molecule has 2 saturated heterocycles. The molecule has 210 valence electrons. The molecule has 0 saturated carbocycles. The lowest BCUT2D eigenvalue weighted by Crippen LogP contribution is -2.58. The molecule has 0 bridgehead atoms. The van der Waals surface area contributed by atoms with E-state index in [-0.39, 0.29) is 18.4 Å². The number of anilines is 3. The topological polar surface area (TPSA) is 92.1 Å². The number of fused-ring (bicyclic) bond motifs is 2. The summed E-state index contributed by atoms with van der Waals surface area (Å²) in [5.41, 5.74) is 3.50. The molecule has 1 aliphatic carbocycles. The number of benzene rings is 1. The van der Waals surface area contributed by atoms with Crippen molar-refractivity contribution in [2.45, 2.75) is 43.8 Å². The van der Waals surface area contributed by atoms with Crippen molar-refractivity contribution in [3.05, 3.63) is 48.2 Å². The number of aromatic nitrogens is 2. The average Bonchev–Trinajstić information content (AvgIpc) is 2.95. The molecule has 0 N–H and O–H groups in total. The molecular formula is C30H38N8O2. The Hall–Kier alpha value is -3.84. The number of likely N-dealkylation sites (N-methyl/N-ethyl adjacent to an activating group) is 1. The van der Waals surface area contributed by atoms with E-state index in [4.69, 9.17) is 14.7 Å². The summed E-state index contributed by atoms with van der Waals surface area (Å²) in [5, 5.41) is 9.51. The summed E-state index contributed by atoms with van der Waals surface area (Å²) < 4.78 is 5.94. The highest BCUT2D eigenvalue weighted by Crippen LogP contribution is 2.38. The maximum atomic E-state index is 12.5. The second kappa shape index (κ2) is 11.0. The Morgan fingerprint density at radius 3 is 2.77 bits per heavy atom. The maximum absolute atomic E-state index is 12.5. The van der Waals surface area contributed by atoms with Crippen molar-refractivity contribution in [3.8, 4) is 11.8 Å². The number of nitriles is 1. The summed E-state index contributed by atoms with van der Waals surface area (Å²) in [6.45, 7) is 8.83. The number of piperazine rings is 1. The van der Waals surface area contributed by atoms with E-state index in [1.807, 2.05) is 6.07 Å². The fourth-order valence-corrected chi connectivity index (χ4v) is 6.49. The quantitative estimate of drug-likeness (QED) is 0.509. The molecule has 4 aliphatic rings. The molecule has 6 rings (SSSR count). The first-order valence-electron chi connectivity index (χ1n) is 14.3. The largest absolute Gasteiger partial charge is 0.490 e. The first-order chi connectivity index (χ1) is 19.5. The number of carbonyl (C=O) groups is 1. The van der Waals surface area contributed by atoms with E-state index >= 15 is 0 Å². The summed E-state index contributed by atoms with van der Waals surface area (Å²) in [4.78, 5) is 33.9. The highest BCUT2D eigenvalue weighted by Gasteiger charge is 2.37. The number of amides is 1. The van der Waals surface area contributed by atoms with Crippen LogP contribution in [0.15, 0.2) is 36.9 Å². The van der Waals surface area contributed by atoms with Gasteiger partial charge in [-0.2, -0.15) is 10.2 Å². The molecule has 0 radical (unpaired) electrons. The SMILES string of the molecule is C=CC(=O)N1CCN(c2nc(N3CC(N(C)C)C3)nc3c2CCC(N2CCOc4ccccc42)C3)CC1CC#N. The summed E-state index contributed by atoms with van der Waals surface area (Å²) in [7, 11) is 4.23. The molecule has 10 heteroatoms. The van der Waals surface area contributed by atoms with E-state index in [0.717, 1.165) is 67.8 Å². The molecular weight excluding hydrogens is 504 g/mol. The summed E-state index contributed by atoms with van der Waals surface area (Å²) >= 11 is 0. The van der Waals surface area contributed by atoms with Crippen molar-refractivity contribution in [2.24, 2.45) is 0 Å². The molecule has 1 aromatic carbocycles. The number of carbonyl (C=O) groups excluding carboxylic acids is 1. The van der Waals surface area contributed by atoms with Gasteiger partial charge in [-0.25, -0.2) is 4.98 Å². The smallest absolute Gasteiger partial charge is 0.246 e. The molecule has 4 heterocycles. The molecule has 40 heavy (non-hydrogen) atoms. The van der Waals surface area contributed by atoms with Crippen LogP contribution in [0.4, 0.5) is 17.5 Å². The number of ether oxygens (including phenoxy) is 1. The highest BCUT2D eigenvalue weighted by atomic mass is 16.5. The van der Waals surface area contributed by atoms with Gasteiger partial charge < -0.3 is 29.2 Å². The van der Waals surface area contributed by atoms with Gasteiger partial charge in [0.1, 0.15) is 18.2 Å². The van der Waals surface area contributed by atoms with Crippen LogP contribution in [0.25, 0.3) is 0 Å². The van der Waals surface area contributed by atoms with Crippen LogP contribution >= 0.6 is 0 Å². The average molecular weight is 543 g/mol. The minimum atomic E-state index is -0.193. The number of rotatable bonds is 6. The normalized spacial score (nSPS) is 22.6. The van der Waals surface area contributed by atoms with Crippen LogP contribution in [0, 0.1) is 11.3 Å². The van der Waals surface area contributed by atoms with Crippen LogP contribution < -0.4 is 19.4 Å². The van der Waals surface area contributed by atoms with Gasteiger partial charge >= 0.3 is 0 Å². The van der Waals surface area contributed by atoms with E-state index < -0.39 is 0 Å². The van der Waals surface area contributed by atoms with Gasteiger partial charge in [-0.15, -0.1) is 0 Å². The predicted molar refractivity (Wildman–Crippen MR) is 155 cm³/mol. The standard InChI is InChI=1S/C30H38N8O2/c1-4-28(39)38-14-13-35(18-22(38)11-12-31)29-24-10-9-21(37-15-16-40-27-8-6-5-7-26(27)37)17-25(24)32-30(33-29)36-19-23(20-36)34(2)3/h4-8,21-23H,1,9-11,13-20H2,2-3H3. The van der Waals surface area contributed by atoms with Crippen molar-refractivity contribution in [3.63, 3.8) is 0 Å². The summed E-state index contributed by atoms with van der Waals surface area (Å²) in [6.07, 6.45) is 4.39. The van der Waals surface area contributed by atoms with Crippen LogP contribution in [0.3, 0.4) is 0 Å². The molecule has 10 nitrogen and oxygen atoms in total. The molecule has 3 aliphatic heterocycles. The zero-order valence-corrected chi connectivity index (χ0v) is 23.5. The van der Waals surface area contributed by atoms with Crippen LogP contribution in [-0.4, -0.2) is 104 Å². The number of hydrogen-bond acceptors (Lipinski definition) is 9. The van der Waals surface area contributed by atoms with Crippen molar-refractivity contribution in [1.29, 1.82) is 5.26 Å². The zero-order chi connectivity index (χ0) is 27.8. The Labute approximate surface area is 236 Å². The fourth-order valence-electron chi connectivity index (χ4n) is 6.49. The molecule has 1 aromatic heterocycles. The number of para-hydroxylation sites is 2. The Bertz CT molecular complexity index is 1320. The molecule has 0 spiro atoms. The van der Waals surface area contributed by atoms with Gasteiger partial charge in [-0.3, -0.25) is 4.79 Å². The number of nitrogens with zero attached hydrogens (tertiary/aromatic N) is 8. The Morgan fingerprint density at radius 2 is 2.00 bits per heavy atom. The van der Waals surface area contributed by atoms with Gasteiger partial charge in [0.05, 0.1) is 36.5 Å². The lowest BCUT2D eigenvalue weighted by Gasteiger charge is -2.45. The van der Waals surface area contributed by atoms with Crippen molar-refractivity contribution in [2.75, 3.05) is 74.7 Å². The van der Waals surface area contributed by atoms with Gasteiger partial charge in [0.15, 0.2) is 0 Å². The van der Waals surface area contributed by atoms with Gasteiger partial charge in [-0.1, -0.05) is 18.7 Å². The van der Waals surface area contributed by atoms with E-state index in [2.05, 4.69) is 64.5 Å². The monoisotopic (exact) mass is 542 g/mol. The third-order valence-electron chi connectivity index (χ3n) is 8.86.